The summed E-state index contributed by atoms with van der Waals surface area (Å²) in [6, 6.07) is 9.91. The molecule has 2 aromatic rings. The van der Waals surface area contributed by atoms with Crippen LogP contribution in [0.2, 0.25) is 0 Å². The van der Waals surface area contributed by atoms with Crippen molar-refractivity contribution in [1.82, 2.24) is 0 Å². The molecule has 1 aromatic carbocycles. The summed E-state index contributed by atoms with van der Waals surface area (Å²) in [5.41, 5.74) is 0.946. The van der Waals surface area contributed by atoms with Crippen molar-refractivity contribution in [2.75, 3.05) is 12.4 Å². The van der Waals surface area contributed by atoms with Crippen molar-refractivity contribution < 1.29 is 14.1 Å². The van der Waals surface area contributed by atoms with Gasteiger partial charge < -0.3 is 14.5 Å². The predicted octanol–water partition coefficient (Wildman–Crippen LogP) is 2.68. The molecular weight excluding hydrogens is 262 g/mol. The largest absolute Gasteiger partial charge is 0.495 e. The van der Waals surface area contributed by atoms with Crippen LogP contribution in [0.4, 0.5) is 11.6 Å². The molecule has 20 heavy (non-hydrogen) atoms. The molecule has 0 aliphatic heterocycles. The molecule has 0 spiro atoms. The topological polar surface area (TPSA) is 101 Å². The highest BCUT2D eigenvalue weighted by Crippen LogP contribution is 2.28. The molecule has 0 unspecified atom stereocenters. The van der Waals surface area contributed by atoms with Crippen molar-refractivity contribution in [3.8, 4) is 11.8 Å². The Bertz CT molecular complexity index is 672. The van der Waals surface area contributed by atoms with Crippen LogP contribution in [0.5, 0.6) is 5.75 Å². The fraction of sp³-hybridized carbons (Fsp3) is 0.154. The highest BCUT2D eigenvalue weighted by Gasteiger charge is 2.13. The van der Waals surface area contributed by atoms with Crippen molar-refractivity contribution in [1.29, 1.82) is 5.26 Å². The van der Waals surface area contributed by atoms with E-state index in [1.54, 1.807) is 18.2 Å². The van der Waals surface area contributed by atoms with Gasteiger partial charge >= 0.3 is 5.88 Å². The molecule has 2 rings (SSSR count). The van der Waals surface area contributed by atoms with Gasteiger partial charge in [0.15, 0.2) is 0 Å². The van der Waals surface area contributed by atoms with Gasteiger partial charge in [0.2, 0.25) is 0 Å². The number of nitrogens with one attached hydrogen (secondary N) is 1. The standard InChI is InChI=1S/C13H11N3O4/c1-19-11-4-2-3-9(7-14)13(11)15-8-10-5-6-12(20-10)16(17)18/h2-6,15H,8H2,1H3. The molecule has 0 radical (unpaired) electrons. The van der Waals surface area contributed by atoms with E-state index in [1.807, 2.05) is 6.07 Å². The number of hydrogen-bond acceptors (Lipinski definition) is 6. The van der Waals surface area contributed by atoms with Crippen LogP contribution in [-0.4, -0.2) is 12.0 Å². The molecule has 1 heterocycles. The van der Waals surface area contributed by atoms with Crippen LogP contribution in [0.25, 0.3) is 0 Å². The Balaban J connectivity index is 2.18. The van der Waals surface area contributed by atoms with E-state index >= 15 is 0 Å². The highest BCUT2D eigenvalue weighted by atomic mass is 16.6. The fourth-order valence-electron chi connectivity index (χ4n) is 1.71. The Morgan fingerprint density at radius 3 is 2.85 bits per heavy atom. The molecule has 1 aromatic heterocycles. The summed E-state index contributed by atoms with van der Waals surface area (Å²) in [7, 11) is 1.50. The Labute approximate surface area is 114 Å². The SMILES string of the molecule is COc1cccc(C#N)c1NCc1ccc([N+](=O)[O-])o1. The number of methoxy groups -OCH3 is 1. The van der Waals surface area contributed by atoms with E-state index in [1.165, 1.54) is 19.2 Å². The van der Waals surface area contributed by atoms with E-state index in [4.69, 9.17) is 14.4 Å². The number of ether oxygens (including phenoxy) is 1. The summed E-state index contributed by atoms with van der Waals surface area (Å²) in [6.45, 7) is 0.211. The van der Waals surface area contributed by atoms with Gasteiger partial charge in [0.25, 0.3) is 0 Å². The molecule has 0 atom stereocenters. The summed E-state index contributed by atoms with van der Waals surface area (Å²) >= 11 is 0. The van der Waals surface area contributed by atoms with Gasteiger partial charge in [-0.05, 0) is 18.2 Å². The minimum atomic E-state index is -0.604. The first-order valence-corrected chi connectivity index (χ1v) is 5.69. The lowest BCUT2D eigenvalue weighted by Crippen LogP contribution is -2.02. The average molecular weight is 273 g/mol. The molecule has 1 N–H and O–H groups in total. The minimum Gasteiger partial charge on any atom is -0.495 e. The third-order valence-corrected chi connectivity index (χ3v) is 2.63. The van der Waals surface area contributed by atoms with Gasteiger partial charge in [-0.3, -0.25) is 10.1 Å². The van der Waals surface area contributed by atoms with Gasteiger partial charge in [0.05, 0.1) is 31.0 Å². The van der Waals surface area contributed by atoms with E-state index in [0.29, 0.717) is 22.8 Å². The first-order valence-electron chi connectivity index (χ1n) is 5.69. The first-order chi connectivity index (χ1) is 9.65. The van der Waals surface area contributed by atoms with Crippen LogP contribution in [0.1, 0.15) is 11.3 Å². The molecule has 7 nitrogen and oxygen atoms in total. The second kappa shape index (κ2) is 5.75. The summed E-state index contributed by atoms with van der Waals surface area (Å²) < 4.78 is 10.2. The molecule has 0 fully saturated rings. The van der Waals surface area contributed by atoms with Crippen molar-refractivity contribution >= 4 is 11.6 Å². The molecule has 0 aliphatic carbocycles. The second-order valence-corrected chi connectivity index (χ2v) is 3.85. The molecule has 0 bridgehead atoms. The number of para-hydroxylation sites is 1. The minimum absolute atomic E-state index is 0.211. The van der Waals surface area contributed by atoms with Crippen LogP contribution in [-0.2, 0) is 6.54 Å². The maximum atomic E-state index is 10.5. The van der Waals surface area contributed by atoms with E-state index in [-0.39, 0.29) is 12.4 Å². The number of benzene rings is 1. The smallest absolute Gasteiger partial charge is 0.433 e. The van der Waals surface area contributed by atoms with Crippen LogP contribution in [0.3, 0.4) is 0 Å². The molecule has 0 amide bonds. The van der Waals surface area contributed by atoms with Gasteiger partial charge in [-0.25, -0.2) is 0 Å². The Hall–Kier alpha value is -3.01. The molecule has 0 aliphatic rings. The second-order valence-electron chi connectivity index (χ2n) is 3.85. The van der Waals surface area contributed by atoms with Gasteiger partial charge in [0, 0.05) is 0 Å². The van der Waals surface area contributed by atoms with Gasteiger partial charge in [0.1, 0.15) is 22.5 Å². The number of anilines is 1. The third kappa shape index (κ3) is 2.70. The number of furan rings is 1. The Kier molecular flexibility index (Phi) is 3.86. The molecular formula is C13H11N3O4. The van der Waals surface area contributed by atoms with E-state index in [2.05, 4.69) is 5.32 Å². The zero-order valence-corrected chi connectivity index (χ0v) is 10.6. The lowest BCUT2D eigenvalue weighted by molar-refractivity contribution is -0.402. The summed E-state index contributed by atoms with van der Waals surface area (Å²) in [5.74, 6) is 0.596. The van der Waals surface area contributed by atoms with E-state index < -0.39 is 4.92 Å². The molecule has 0 saturated carbocycles. The van der Waals surface area contributed by atoms with Gasteiger partial charge in [-0.1, -0.05) is 6.07 Å². The maximum Gasteiger partial charge on any atom is 0.433 e. The first kappa shape index (κ1) is 13.4. The van der Waals surface area contributed by atoms with Crippen molar-refractivity contribution in [2.24, 2.45) is 0 Å². The van der Waals surface area contributed by atoms with E-state index in [9.17, 15) is 10.1 Å². The predicted molar refractivity (Wildman–Crippen MR) is 70.4 cm³/mol. The van der Waals surface area contributed by atoms with Gasteiger partial charge in [-0.2, -0.15) is 5.26 Å². The van der Waals surface area contributed by atoms with Crippen LogP contribution in [0, 0.1) is 21.4 Å². The lowest BCUT2D eigenvalue weighted by atomic mass is 10.1. The zero-order valence-electron chi connectivity index (χ0n) is 10.6. The lowest BCUT2D eigenvalue weighted by Gasteiger charge is -2.11. The number of nitrogens with zero attached hydrogens (tertiary/aromatic N) is 2. The molecule has 102 valence electrons. The summed E-state index contributed by atoms with van der Waals surface area (Å²) in [4.78, 5) is 9.91. The zero-order chi connectivity index (χ0) is 14.5. The Morgan fingerprint density at radius 1 is 1.45 bits per heavy atom. The molecule has 0 saturated heterocycles. The van der Waals surface area contributed by atoms with E-state index in [0.717, 1.165) is 0 Å². The van der Waals surface area contributed by atoms with Crippen molar-refractivity contribution in [3.05, 3.63) is 51.8 Å². The van der Waals surface area contributed by atoms with Crippen LogP contribution in [0.15, 0.2) is 34.7 Å². The number of nitriles is 1. The third-order valence-electron chi connectivity index (χ3n) is 2.63. The maximum absolute atomic E-state index is 10.5. The number of hydrogen-bond donors (Lipinski definition) is 1. The van der Waals surface area contributed by atoms with Crippen molar-refractivity contribution in [3.63, 3.8) is 0 Å². The normalized spacial score (nSPS) is 9.80. The number of rotatable bonds is 5. The summed E-state index contributed by atoms with van der Waals surface area (Å²) in [5, 5.41) is 22.6. The number of nitro groups is 1. The van der Waals surface area contributed by atoms with Crippen LogP contribution >= 0.6 is 0 Å². The quantitative estimate of drug-likeness (QED) is 0.663. The average Bonchev–Trinajstić information content (AvgIpc) is 2.93. The monoisotopic (exact) mass is 273 g/mol. The summed E-state index contributed by atoms with van der Waals surface area (Å²) in [6.07, 6.45) is 0. The van der Waals surface area contributed by atoms with Gasteiger partial charge in [-0.15, -0.1) is 0 Å². The Morgan fingerprint density at radius 2 is 2.25 bits per heavy atom. The fourth-order valence-corrected chi connectivity index (χ4v) is 1.71. The van der Waals surface area contributed by atoms with Crippen molar-refractivity contribution in [2.45, 2.75) is 6.54 Å². The van der Waals surface area contributed by atoms with Crippen LogP contribution < -0.4 is 10.1 Å². The molecule has 7 heteroatoms. The highest BCUT2D eigenvalue weighted by molar-refractivity contribution is 5.66.